The molecule has 110 valence electrons. The Morgan fingerprint density at radius 3 is 2.38 bits per heavy atom. The molecule has 0 spiro atoms. The topological polar surface area (TPSA) is 20.3 Å². The normalized spacial score (nSPS) is 20.3. The Balaban J connectivity index is 1.66. The number of benzene rings is 1. The van der Waals surface area contributed by atoms with Crippen molar-refractivity contribution < 1.29 is 4.79 Å². The Kier molecular flexibility index (Phi) is 4.37. The Hall–Kier alpha value is -1.25. The molecule has 0 unspecified atom stereocenters. The lowest BCUT2D eigenvalue weighted by molar-refractivity contribution is -0.116. The number of rotatable bonds is 2. The lowest BCUT2D eigenvalue weighted by Crippen LogP contribution is -2.35. The minimum Gasteiger partial charge on any atom is -0.369 e. The summed E-state index contributed by atoms with van der Waals surface area (Å²) in [5.41, 5.74) is 2.11. The molecule has 2 nitrogen and oxygen atoms in total. The van der Waals surface area contributed by atoms with Crippen LogP contribution >= 0.6 is 23.2 Å². The molecule has 0 aromatic heterocycles. The number of halogens is 2. The van der Waals surface area contributed by atoms with Crippen LogP contribution in [0.1, 0.15) is 30.7 Å². The second-order valence-electron chi connectivity index (χ2n) is 5.56. The third kappa shape index (κ3) is 3.33. The molecule has 1 saturated heterocycles. The Morgan fingerprint density at radius 1 is 1.05 bits per heavy atom. The van der Waals surface area contributed by atoms with Gasteiger partial charge >= 0.3 is 0 Å². The van der Waals surface area contributed by atoms with E-state index in [4.69, 9.17) is 23.2 Å². The van der Waals surface area contributed by atoms with Gasteiger partial charge in [-0.05, 0) is 42.5 Å². The van der Waals surface area contributed by atoms with E-state index in [1.165, 1.54) is 5.56 Å². The molecule has 3 rings (SSSR count). The number of ketones is 1. The molecule has 1 aromatic carbocycles. The second kappa shape index (κ2) is 6.25. The average molecular weight is 322 g/mol. The molecule has 1 aromatic rings. The van der Waals surface area contributed by atoms with Crippen LogP contribution in [0.5, 0.6) is 0 Å². The lowest BCUT2D eigenvalue weighted by atomic mass is 9.89. The fraction of sp³-hybridized carbons (Fsp3) is 0.353. The van der Waals surface area contributed by atoms with Gasteiger partial charge in [-0.15, -0.1) is 0 Å². The van der Waals surface area contributed by atoms with Gasteiger partial charge in [0.1, 0.15) is 0 Å². The quantitative estimate of drug-likeness (QED) is 0.799. The van der Waals surface area contributed by atoms with Crippen LogP contribution in [0.2, 0.25) is 5.02 Å². The van der Waals surface area contributed by atoms with Gasteiger partial charge in [0.25, 0.3) is 0 Å². The highest BCUT2D eigenvalue weighted by atomic mass is 35.5. The summed E-state index contributed by atoms with van der Waals surface area (Å²) in [4.78, 5) is 14.2. The summed E-state index contributed by atoms with van der Waals surface area (Å²) in [7, 11) is 0. The van der Waals surface area contributed by atoms with Crippen LogP contribution in [-0.2, 0) is 4.79 Å². The zero-order chi connectivity index (χ0) is 14.8. The first kappa shape index (κ1) is 14.7. The highest BCUT2D eigenvalue weighted by Gasteiger charge is 2.25. The summed E-state index contributed by atoms with van der Waals surface area (Å²) in [6, 6.07) is 8.10. The third-order valence-corrected chi connectivity index (χ3v) is 4.74. The molecule has 0 amide bonds. The first-order valence-electron chi connectivity index (χ1n) is 7.24. The van der Waals surface area contributed by atoms with Crippen molar-refractivity contribution in [3.8, 4) is 0 Å². The maximum Gasteiger partial charge on any atom is 0.182 e. The summed E-state index contributed by atoms with van der Waals surface area (Å²) >= 11 is 12.0. The van der Waals surface area contributed by atoms with Crippen LogP contribution in [0.4, 0.5) is 0 Å². The van der Waals surface area contributed by atoms with Gasteiger partial charge in [0.05, 0.1) is 5.70 Å². The average Bonchev–Trinajstić information content (AvgIpc) is 2.51. The number of carbonyl (C=O) groups excluding carboxylic acids is 1. The van der Waals surface area contributed by atoms with Crippen molar-refractivity contribution in [2.24, 2.45) is 0 Å². The molecule has 1 heterocycles. The van der Waals surface area contributed by atoms with Crippen molar-refractivity contribution in [1.29, 1.82) is 0 Å². The van der Waals surface area contributed by atoms with Gasteiger partial charge in [-0.25, -0.2) is 0 Å². The van der Waals surface area contributed by atoms with Gasteiger partial charge in [-0.1, -0.05) is 41.4 Å². The Labute approximate surface area is 135 Å². The molecular weight excluding hydrogens is 305 g/mol. The molecular formula is C17H17Cl2NO. The summed E-state index contributed by atoms with van der Waals surface area (Å²) in [6.07, 6.45) is 6.09. The minimum atomic E-state index is 0.171. The smallest absolute Gasteiger partial charge is 0.182 e. The van der Waals surface area contributed by atoms with Gasteiger partial charge in [0, 0.05) is 29.6 Å². The number of nitrogens with zero attached hydrogens (tertiary/aromatic N) is 1. The molecule has 0 saturated carbocycles. The Bertz CT molecular complexity index is 596. The zero-order valence-corrected chi connectivity index (χ0v) is 13.2. The number of Topliss-reactive ketones (excluding diaryl/α,β-unsaturated/α-hetero) is 1. The number of likely N-dealkylation sites (tertiary alicyclic amines) is 1. The van der Waals surface area contributed by atoms with Gasteiger partial charge in [0.2, 0.25) is 0 Å². The molecule has 0 N–H and O–H groups in total. The van der Waals surface area contributed by atoms with E-state index in [-0.39, 0.29) is 5.78 Å². The largest absolute Gasteiger partial charge is 0.369 e. The van der Waals surface area contributed by atoms with Crippen LogP contribution in [0.3, 0.4) is 0 Å². The molecule has 0 atom stereocenters. The molecule has 0 bridgehead atoms. The summed E-state index contributed by atoms with van der Waals surface area (Å²) in [5.74, 6) is 0.716. The van der Waals surface area contributed by atoms with Crippen LogP contribution in [-0.4, -0.2) is 23.8 Å². The number of piperidine rings is 1. The van der Waals surface area contributed by atoms with Crippen molar-refractivity contribution >= 4 is 29.0 Å². The van der Waals surface area contributed by atoms with E-state index in [0.29, 0.717) is 17.4 Å². The van der Waals surface area contributed by atoms with E-state index in [2.05, 4.69) is 17.0 Å². The van der Waals surface area contributed by atoms with E-state index in [1.54, 1.807) is 12.2 Å². The molecule has 21 heavy (non-hydrogen) atoms. The van der Waals surface area contributed by atoms with Gasteiger partial charge in [0.15, 0.2) is 5.78 Å². The Morgan fingerprint density at radius 2 is 1.71 bits per heavy atom. The number of allylic oxidation sites excluding steroid dienone is 4. The van der Waals surface area contributed by atoms with Crippen LogP contribution in [0, 0.1) is 0 Å². The summed E-state index contributed by atoms with van der Waals surface area (Å²) in [5, 5.41) is 1.44. The SMILES string of the molecule is O=C1CC=C(Cl)C=C1N1CCC(c2ccc(Cl)cc2)CC1. The van der Waals surface area contributed by atoms with Gasteiger partial charge < -0.3 is 4.90 Å². The lowest BCUT2D eigenvalue weighted by Gasteiger charge is -2.35. The molecule has 2 aliphatic rings. The van der Waals surface area contributed by atoms with Crippen LogP contribution in [0.25, 0.3) is 0 Å². The first-order chi connectivity index (χ1) is 10.1. The van der Waals surface area contributed by atoms with Gasteiger partial charge in [-0.2, -0.15) is 0 Å². The maximum atomic E-state index is 12.0. The zero-order valence-electron chi connectivity index (χ0n) is 11.7. The predicted molar refractivity (Wildman–Crippen MR) is 86.6 cm³/mol. The number of hydrogen-bond donors (Lipinski definition) is 0. The second-order valence-corrected chi connectivity index (χ2v) is 6.43. The van der Waals surface area contributed by atoms with Crippen LogP contribution < -0.4 is 0 Å². The maximum absolute atomic E-state index is 12.0. The molecule has 1 fully saturated rings. The number of carbonyl (C=O) groups is 1. The summed E-state index contributed by atoms with van der Waals surface area (Å²) in [6.45, 7) is 1.80. The van der Waals surface area contributed by atoms with Gasteiger partial charge in [-0.3, -0.25) is 4.79 Å². The van der Waals surface area contributed by atoms with Crippen molar-refractivity contribution in [1.82, 2.24) is 4.90 Å². The monoisotopic (exact) mass is 321 g/mol. The van der Waals surface area contributed by atoms with Crippen molar-refractivity contribution in [3.63, 3.8) is 0 Å². The standard InChI is InChI=1S/C17H17Cl2NO/c18-14-3-1-12(2-4-14)13-7-9-20(10-8-13)16-11-15(19)5-6-17(16)21/h1-5,11,13H,6-10H2. The fourth-order valence-electron chi connectivity index (χ4n) is 3.02. The van der Waals surface area contributed by atoms with E-state index in [1.807, 2.05) is 12.1 Å². The first-order valence-corrected chi connectivity index (χ1v) is 8.00. The highest BCUT2D eigenvalue weighted by molar-refractivity contribution is 6.32. The van der Waals surface area contributed by atoms with E-state index >= 15 is 0 Å². The van der Waals surface area contributed by atoms with E-state index in [0.717, 1.165) is 36.7 Å². The minimum absolute atomic E-state index is 0.171. The molecule has 1 aliphatic heterocycles. The fourth-order valence-corrected chi connectivity index (χ4v) is 3.33. The molecule has 0 radical (unpaired) electrons. The number of hydrogen-bond acceptors (Lipinski definition) is 2. The molecule has 1 aliphatic carbocycles. The summed E-state index contributed by atoms with van der Waals surface area (Å²) < 4.78 is 0. The van der Waals surface area contributed by atoms with E-state index in [9.17, 15) is 4.79 Å². The molecule has 4 heteroatoms. The third-order valence-electron chi connectivity index (χ3n) is 4.22. The van der Waals surface area contributed by atoms with E-state index < -0.39 is 0 Å². The van der Waals surface area contributed by atoms with Crippen molar-refractivity contribution in [3.05, 3.63) is 57.7 Å². The highest BCUT2D eigenvalue weighted by Crippen LogP contribution is 2.31. The van der Waals surface area contributed by atoms with Crippen LogP contribution in [0.15, 0.2) is 47.1 Å². The van der Waals surface area contributed by atoms with Crippen molar-refractivity contribution in [2.45, 2.75) is 25.2 Å². The van der Waals surface area contributed by atoms with Crippen molar-refractivity contribution in [2.75, 3.05) is 13.1 Å². The predicted octanol–water partition coefficient (Wildman–Crippen LogP) is 4.50.